The van der Waals surface area contributed by atoms with Gasteiger partial charge in [-0.2, -0.15) is 13.2 Å². The molecule has 2 nitrogen and oxygen atoms in total. The van der Waals surface area contributed by atoms with Crippen LogP contribution in [0, 0.1) is 12.7 Å². The Morgan fingerprint density at radius 1 is 1.04 bits per heavy atom. The fourth-order valence-electron chi connectivity index (χ4n) is 3.49. The molecule has 2 aromatic carbocycles. The number of benzene rings is 2. The monoisotopic (exact) mass is 361 g/mol. The van der Waals surface area contributed by atoms with Gasteiger partial charge in [-0.3, -0.25) is 4.79 Å². The topological polar surface area (TPSA) is 32.9 Å². The Hall–Kier alpha value is -2.63. The van der Waals surface area contributed by atoms with E-state index in [1.807, 2.05) is 0 Å². The van der Waals surface area contributed by atoms with Gasteiger partial charge in [0.25, 0.3) is 0 Å². The van der Waals surface area contributed by atoms with Crippen molar-refractivity contribution in [1.82, 2.24) is 4.98 Å². The van der Waals surface area contributed by atoms with E-state index in [2.05, 4.69) is 4.98 Å². The van der Waals surface area contributed by atoms with Crippen LogP contribution in [0.15, 0.2) is 47.3 Å². The van der Waals surface area contributed by atoms with Crippen molar-refractivity contribution in [3.05, 3.63) is 69.6 Å². The predicted octanol–water partition coefficient (Wildman–Crippen LogP) is 5.24. The summed E-state index contributed by atoms with van der Waals surface area (Å²) in [7, 11) is 0. The average Bonchev–Trinajstić information content (AvgIpc) is 3.37. The predicted molar refractivity (Wildman–Crippen MR) is 91.7 cm³/mol. The number of pyridine rings is 1. The van der Waals surface area contributed by atoms with Crippen LogP contribution in [0.5, 0.6) is 0 Å². The summed E-state index contributed by atoms with van der Waals surface area (Å²) in [5.74, 6) is -0.502. The second-order valence-electron chi connectivity index (χ2n) is 6.85. The summed E-state index contributed by atoms with van der Waals surface area (Å²) in [4.78, 5) is 15.3. The Morgan fingerprint density at radius 3 is 2.38 bits per heavy atom. The average molecular weight is 361 g/mol. The smallest absolute Gasteiger partial charge is 0.354 e. The van der Waals surface area contributed by atoms with Gasteiger partial charge in [-0.25, -0.2) is 4.39 Å². The Labute approximate surface area is 146 Å². The Balaban J connectivity index is 1.81. The summed E-state index contributed by atoms with van der Waals surface area (Å²) in [6, 6.07) is 9.87. The maximum Gasteiger partial charge on any atom is 0.398 e. The number of aromatic amines is 1. The van der Waals surface area contributed by atoms with Crippen LogP contribution < -0.4 is 5.43 Å². The molecule has 0 unspecified atom stereocenters. The molecule has 0 atom stereocenters. The first-order valence-corrected chi connectivity index (χ1v) is 8.22. The van der Waals surface area contributed by atoms with Gasteiger partial charge in [-0.1, -0.05) is 18.2 Å². The molecular weight excluding hydrogens is 346 g/mol. The summed E-state index contributed by atoms with van der Waals surface area (Å²) >= 11 is 0. The van der Waals surface area contributed by atoms with Crippen LogP contribution in [0.3, 0.4) is 0 Å². The summed E-state index contributed by atoms with van der Waals surface area (Å²) in [6.45, 7) is 1.72. The molecule has 0 aliphatic heterocycles. The van der Waals surface area contributed by atoms with Crippen molar-refractivity contribution >= 4 is 10.9 Å². The quantitative estimate of drug-likeness (QED) is 0.623. The van der Waals surface area contributed by atoms with Crippen molar-refractivity contribution in [2.45, 2.75) is 31.4 Å². The van der Waals surface area contributed by atoms with Gasteiger partial charge in [0.05, 0.1) is 5.41 Å². The SMILES string of the molecule is Cc1cc(C2(C(F)(F)F)CC2)ccc1-c1cc(=O)c2cc(F)ccc2[nH]1. The van der Waals surface area contributed by atoms with Crippen LogP contribution in [-0.2, 0) is 5.41 Å². The molecule has 1 heterocycles. The van der Waals surface area contributed by atoms with Crippen molar-refractivity contribution in [2.75, 3.05) is 0 Å². The first-order valence-electron chi connectivity index (χ1n) is 8.22. The van der Waals surface area contributed by atoms with Gasteiger partial charge < -0.3 is 4.98 Å². The standard InChI is InChI=1S/C20H15F4NO/c1-11-8-12(19(6-7-19)20(22,23)24)2-4-14(11)17-10-18(26)15-9-13(21)3-5-16(15)25-17/h2-5,8-10H,6-7H2,1H3,(H,25,26). The van der Waals surface area contributed by atoms with Crippen molar-refractivity contribution in [2.24, 2.45) is 0 Å². The highest BCUT2D eigenvalue weighted by molar-refractivity contribution is 5.82. The third kappa shape index (κ3) is 2.52. The summed E-state index contributed by atoms with van der Waals surface area (Å²) < 4.78 is 53.3. The number of nitrogens with one attached hydrogen (secondary N) is 1. The van der Waals surface area contributed by atoms with Crippen molar-refractivity contribution in [3.8, 4) is 11.3 Å². The second-order valence-corrected chi connectivity index (χ2v) is 6.85. The Morgan fingerprint density at radius 2 is 1.77 bits per heavy atom. The van der Waals surface area contributed by atoms with Crippen molar-refractivity contribution in [1.29, 1.82) is 0 Å². The highest BCUT2D eigenvalue weighted by atomic mass is 19.4. The van der Waals surface area contributed by atoms with Gasteiger partial charge in [0.1, 0.15) is 5.82 Å². The minimum Gasteiger partial charge on any atom is -0.354 e. The summed E-state index contributed by atoms with van der Waals surface area (Å²) in [6.07, 6.45) is -4.05. The van der Waals surface area contributed by atoms with Gasteiger partial charge in [0.15, 0.2) is 5.43 Å². The van der Waals surface area contributed by atoms with E-state index in [1.165, 1.54) is 24.3 Å². The van der Waals surface area contributed by atoms with Crippen LogP contribution in [0.2, 0.25) is 0 Å². The van der Waals surface area contributed by atoms with E-state index in [-0.39, 0.29) is 29.2 Å². The first kappa shape index (κ1) is 16.8. The number of alkyl halides is 3. The Bertz CT molecular complexity index is 1080. The fraction of sp³-hybridized carbons (Fsp3) is 0.250. The highest BCUT2D eigenvalue weighted by Gasteiger charge is 2.64. The summed E-state index contributed by atoms with van der Waals surface area (Å²) in [5.41, 5.74) is 0.457. The van der Waals surface area contributed by atoms with E-state index in [0.717, 1.165) is 6.07 Å². The largest absolute Gasteiger partial charge is 0.398 e. The number of aryl methyl sites for hydroxylation is 1. The normalized spacial score (nSPS) is 16.0. The lowest BCUT2D eigenvalue weighted by Gasteiger charge is -2.21. The number of hydrogen-bond donors (Lipinski definition) is 1. The van der Waals surface area contributed by atoms with Gasteiger partial charge in [0.2, 0.25) is 0 Å². The molecule has 134 valence electrons. The molecule has 0 bridgehead atoms. The van der Waals surface area contributed by atoms with E-state index in [0.29, 0.717) is 22.3 Å². The van der Waals surface area contributed by atoms with Gasteiger partial charge >= 0.3 is 6.18 Å². The molecule has 1 fully saturated rings. The number of rotatable bonds is 2. The Kier molecular flexibility index (Phi) is 3.51. The molecule has 1 aliphatic carbocycles. The number of fused-ring (bicyclic) bond motifs is 1. The molecule has 0 spiro atoms. The lowest BCUT2D eigenvalue weighted by atomic mass is 9.91. The lowest BCUT2D eigenvalue weighted by Crippen LogP contribution is -2.28. The zero-order valence-electron chi connectivity index (χ0n) is 13.9. The molecule has 0 saturated heterocycles. The van der Waals surface area contributed by atoms with Crippen molar-refractivity contribution in [3.63, 3.8) is 0 Å². The van der Waals surface area contributed by atoms with Gasteiger partial charge in [0, 0.05) is 28.2 Å². The minimum atomic E-state index is -4.26. The molecule has 1 saturated carbocycles. The van der Waals surface area contributed by atoms with E-state index in [9.17, 15) is 22.4 Å². The van der Waals surface area contributed by atoms with E-state index >= 15 is 0 Å². The molecule has 0 amide bonds. The zero-order chi connectivity index (χ0) is 18.7. The van der Waals surface area contributed by atoms with E-state index < -0.39 is 17.4 Å². The number of H-pyrrole nitrogens is 1. The van der Waals surface area contributed by atoms with Crippen molar-refractivity contribution < 1.29 is 17.6 Å². The molecule has 3 aromatic rings. The fourth-order valence-corrected chi connectivity index (χ4v) is 3.49. The molecular formula is C20H15F4NO. The molecule has 6 heteroatoms. The molecule has 1 aromatic heterocycles. The number of halogens is 4. The van der Waals surface area contributed by atoms with Crippen LogP contribution in [0.1, 0.15) is 24.0 Å². The number of aromatic nitrogens is 1. The molecule has 0 radical (unpaired) electrons. The van der Waals surface area contributed by atoms with E-state index in [4.69, 9.17) is 0 Å². The van der Waals surface area contributed by atoms with Gasteiger partial charge in [-0.15, -0.1) is 0 Å². The maximum atomic E-state index is 13.3. The van der Waals surface area contributed by atoms with Crippen LogP contribution in [-0.4, -0.2) is 11.2 Å². The summed E-state index contributed by atoms with van der Waals surface area (Å²) in [5, 5.41) is 0.233. The van der Waals surface area contributed by atoms with Gasteiger partial charge in [-0.05, 0) is 49.1 Å². The molecule has 26 heavy (non-hydrogen) atoms. The minimum absolute atomic E-state index is 0.105. The number of hydrogen-bond acceptors (Lipinski definition) is 1. The lowest BCUT2D eigenvalue weighted by molar-refractivity contribution is -0.160. The third-order valence-electron chi connectivity index (χ3n) is 5.15. The van der Waals surface area contributed by atoms with Crippen LogP contribution in [0.25, 0.3) is 22.2 Å². The molecule has 1 aliphatic rings. The highest BCUT2D eigenvalue weighted by Crippen LogP contribution is 2.59. The zero-order valence-corrected chi connectivity index (χ0v) is 13.9. The first-order chi connectivity index (χ1) is 12.2. The molecule has 4 rings (SSSR count). The van der Waals surface area contributed by atoms with Crippen LogP contribution >= 0.6 is 0 Å². The van der Waals surface area contributed by atoms with Crippen LogP contribution in [0.4, 0.5) is 17.6 Å². The molecule has 1 N–H and O–H groups in total. The second kappa shape index (κ2) is 5.43. The van der Waals surface area contributed by atoms with E-state index in [1.54, 1.807) is 19.1 Å². The maximum absolute atomic E-state index is 13.3. The third-order valence-corrected chi connectivity index (χ3v) is 5.15.